The van der Waals surface area contributed by atoms with Gasteiger partial charge in [-0.05, 0) is 46.9 Å². The topological polar surface area (TPSA) is 12.4 Å². The Hall–Kier alpha value is -0.420. The zero-order valence-electron chi connectivity index (χ0n) is 7.80. The van der Waals surface area contributed by atoms with E-state index in [0.29, 0.717) is 0 Å². The van der Waals surface area contributed by atoms with Crippen LogP contribution in [0.2, 0.25) is 0 Å². The van der Waals surface area contributed by atoms with Crippen LogP contribution in [0.4, 0.5) is 5.69 Å². The number of rotatable bonds is 0. The lowest BCUT2D eigenvalue weighted by Gasteiger charge is -2.08. The molecule has 0 amide bonds. The molecule has 2 aliphatic rings. The van der Waals surface area contributed by atoms with E-state index < -0.39 is 0 Å². The molecule has 0 saturated carbocycles. The van der Waals surface area contributed by atoms with E-state index in [1.165, 1.54) is 20.4 Å². The van der Waals surface area contributed by atoms with Gasteiger partial charge in [0.15, 0.2) is 0 Å². The van der Waals surface area contributed by atoms with Gasteiger partial charge in [0.1, 0.15) is 0 Å². The number of hydrogen-bond donors (Lipinski definition) is 0. The normalized spacial score (nSPS) is 17.6. The SMILES string of the molecule is Brc1ccc2c(c1)C1=CC(I)=CCC1=N2. The van der Waals surface area contributed by atoms with Gasteiger partial charge in [0.05, 0.1) is 11.4 Å². The summed E-state index contributed by atoms with van der Waals surface area (Å²) in [5.74, 6) is 0. The average molecular weight is 372 g/mol. The Morgan fingerprint density at radius 3 is 3.07 bits per heavy atom. The van der Waals surface area contributed by atoms with E-state index in [0.717, 1.165) is 16.6 Å². The fourth-order valence-corrected chi connectivity index (χ4v) is 2.78. The minimum atomic E-state index is 0.955. The summed E-state index contributed by atoms with van der Waals surface area (Å²) in [5, 5.41) is 0. The number of halogens is 2. The predicted octanol–water partition coefficient (Wildman–Crippen LogP) is 4.64. The summed E-state index contributed by atoms with van der Waals surface area (Å²) in [6.07, 6.45) is 5.38. The smallest absolute Gasteiger partial charge is 0.0713 e. The molecule has 1 heterocycles. The van der Waals surface area contributed by atoms with Crippen molar-refractivity contribution in [2.45, 2.75) is 6.42 Å². The predicted molar refractivity (Wildman–Crippen MR) is 75.9 cm³/mol. The van der Waals surface area contributed by atoms with Crippen LogP contribution in [0.25, 0.3) is 5.57 Å². The summed E-state index contributed by atoms with van der Waals surface area (Å²) in [5.41, 5.74) is 4.84. The first-order valence-electron chi connectivity index (χ1n) is 4.69. The lowest BCUT2D eigenvalue weighted by Crippen LogP contribution is -1.99. The third kappa shape index (κ3) is 1.61. The molecule has 0 atom stereocenters. The van der Waals surface area contributed by atoms with Gasteiger partial charge >= 0.3 is 0 Å². The lowest BCUT2D eigenvalue weighted by atomic mass is 9.98. The Morgan fingerprint density at radius 1 is 1.33 bits per heavy atom. The van der Waals surface area contributed by atoms with Crippen LogP contribution in [0.5, 0.6) is 0 Å². The first-order chi connectivity index (χ1) is 7.24. The molecule has 3 heteroatoms. The fraction of sp³-hybridized carbons (Fsp3) is 0.0833. The van der Waals surface area contributed by atoms with E-state index in [-0.39, 0.29) is 0 Å². The van der Waals surface area contributed by atoms with Crippen LogP contribution in [0.3, 0.4) is 0 Å². The van der Waals surface area contributed by atoms with Gasteiger partial charge < -0.3 is 0 Å². The molecule has 0 aromatic heterocycles. The van der Waals surface area contributed by atoms with Crippen molar-refractivity contribution in [2.24, 2.45) is 4.99 Å². The Balaban J connectivity index is 2.22. The highest BCUT2D eigenvalue weighted by Gasteiger charge is 2.22. The van der Waals surface area contributed by atoms with E-state index in [9.17, 15) is 0 Å². The van der Waals surface area contributed by atoms with Gasteiger partial charge in [-0.1, -0.05) is 22.0 Å². The Kier molecular flexibility index (Phi) is 2.32. The van der Waals surface area contributed by atoms with Crippen LogP contribution in [-0.4, -0.2) is 5.71 Å². The second kappa shape index (κ2) is 3.56. The minimum Gasteiger partial charge on any atom is -0.252 e. The molecule has 1 aliphatic carbocycles. The highest BCUT2D eigenvalue weighted by Crippen LogP contribution is 2.40. The third-order valence-electron chi connectivity index (χ3n) is 2.59. The molecule has 0 unspecified atom stereocenters. The molecule has 0 saturated heterocycles. The Morgan fingerprint density at radius 2 is 2.20 bits per heavy atom. The molecule has 0 bridgehead atoms. The van der Waals surface area contributed by atoms with E-state index in [2.05, 4.69) is 67.8 Å². The number of benzene rings is 1. The van der Waals surface area contributed by atoms with Gasteiger partial charge in [0.25, 0.3) is 0 Å². The van der Waals surface area contributed by atoms with Crippen molar-refractivity contribution in [3.05, 3.63) is 44.0 Å². The van der Waals surface area contributed by atoms with Gasteiger partial charge in [-0.25, -0.2) is 0 Å². The molecular weight excluding hydrogens is 365 g/mol. The van der Waals surface area contributed by atoms with Crippen molar-refractivity contribution >= 4 is 55.5 Å². The first kappa shape index (κ1) is 9.78. The number of aliphatic imine (C=N–C) groups is 1. The molecule has 0 N–H and O–H groups in total. The lowest BCUT2D eigenvalue weighted by molar-refractivity contribution is 1.44. The van der Waals surface area contributed by atoms with Gasteiger partial charge in [-0.2, -0.15) is 0 Å². The second-order valence-corrected chi connectivity index (χ2v) is 5.73. The highest BCUT2D eigenvalue weighted by atomic mass is 127. The largest absolute Gasteiger partial charge is 0.252 e. The molecule has 1 aliphatic heterocycles. The van der Waals surface area contributed by atoms with Gasteiger partial charge in [-0.15, -0.1) is 0 Å². The number of hydrogen-bond acceptors (Lipinski definition) is 1. The zero-order valence-corrected chi connectivity index (χ0v) is 11.5. The third-order valence-corrected chi connectivity index (χ3v) is 3.83. The Labute approximate surface area is 110 Å². The van der Waals surface area contributed by atoms with Crippen molar-refractivity contribution in [3.63, 3.8) is 0 Å². The molecule has 0 radical (unpaired) electrons. The van der Waals surface area contributed by atoms with Crippen LogP contribution in [0.1, 0.15) is 12.0 Å². The molecule has 1 aromatic carbocycles. The molecule has 3 rings (SSSR count). The van der Waals surface area contributed by atoms with Gasteiger partial charge in [-0.3, -0.25) is 4.99 Å². The summed E-state index contributed by atoms with van der Waals surface area (Å²) in [6, 6.07) is 6.25. The molecule has 0 fully saturated rings. The number of fused-ring (bicyclic) bond motifs is 3. The molecule has 0 spiro atoms. The van der Waals surface area contributed by atoms with Crippen molar-refractivity contribution in [1.82, 2.24) is 0 Å². The summed E-state index contributed by atoms with van der Waals surface area (Å²) in [6.45, 7) is 0. The maximum Gasteiger partial charge on any atom is 0.0713 e. The summed E-state index contributed by atoms with van der Waals surface area (Å²) >= 11 is 5.86. The van der Waals surface area contributed by atoms with E-state index >= 15 is 0 Å². The standard InChI is InChI=1S/C12H7BrIN/c13-7-1-3-11-9(5-7)10-6-8(14)2-4-12(10)15-11/h1-3,5-6H,4H2. The quantitative estimate of drug-likeness (QED) is 0.589. The van der Waals surface area contributed by atoms with E-state index in [4.69, 9.17) is 0 Å². The average Bonchev–Trinajstić information content (AvgIpc) is 2.56. The maximum absolute atomic E-state index is 4.63. The second-order valence-electron chi connectivity index (χ2n) is 3.57. The van der Waals surface area contributed by atoms with Gasteiger partial charge in [0, 0.05) is 25.6 Å². The first-order valence-corrected chi connectivity index (χ1v) is 6.56. The van der Waals surface area contributed by atoms with Crippen LogP contribution in [0, 0.1) is 0 Å². The highest BCUT2D eigenvalue weighted by molar-refractivity contribution is 14.1. The molecule has 15 heavy (non-hydrogen) atoms. The van der Waals surface area contributed by atoms with Crippen molar-refractivity contribution < 1.29 is 0 Å². The van der Waals surface area contributed by atoms with Crippen molar-refractivity contribution in [1.29, 1.82) is 0 Å². The van der Waals surface area contributed by atoms with E-state index in [1.807, 2.05) is 6.07 Å². The number of allylic oxidation sites excluding steroid dienone is 4. The molecular formula is C12H7BrIN. The number of nitrogens with zero attached hydrogens (tertiary/aromatic N) is 1. The summed E-state index contributed by atoms with van der Waals surface area (Å²) in [7, 11) is 0. The molecule has 1 nitrogen and oxygen atoms in total. The molecule has 1 aromatic rings. The van der Waals surface area contributed by atoms with Gasteiger partial charge in [0.2, 0.25) is 0 Å². The Bertz CT molecular complexity index is 541. The molecule has 74 valence electrons. The summed E-state index contributed by atoms with van der Waals surface area (Å²) < 4.78 is 2.41. The van der Waals surface area contributed by atoms with Crippen LogP contribution < -0.4 is 0 Å². The minimum absolute atomic E-state index is 0.955. The zero-order chi connectivity index (χ0) is 10.4. The van der Waals surface area contributed by atoms with Crippen LogP contribution in [-0.2, 0) is 0 Å². The van der Waals surface area contributed by atoms with Crippen molar-refractivity contribution in [3.8, 4) is 0 Å². The van der Waals surface area contributed by atoms with E-state index in [1.54, 1.807) is 0 Å². The van der Waals surface area contributed by atoms with Crippen LogP contribution in [0.15, 0.2) is 43.4 Å². The van der Waals surface area contributed by atoms with Crippen LogP contribution >= 0.6 is 38.5 Å². The maximum atomic E-state index is 4.63. The monoisotopic (exact) mass is 371 g/mol. The van der Waals surface area contributed by atoms with Crippen molar-refractivity contribution in [2.75, 3.05) is 0 Å². The fourth-order valence-electron chi connectivity index (χ4n) is 1.89. The summed E-state index contributed by atoms with van der Waals surface area (Å²) in [4.78, 5) is 4.63.